The second-order valence-electron chi connectivity index (χ2n) is 7.19. The lowest BCUT2D eigenvalue weighted by Gasteiger charge is -2.06. The Hall–Kier alpha value is -4.40. The number of hydrogen-bond donors (Lipinski definition) is 3. The van der Waals surface area contributed by atoms with Crippen molar-refractivity contribution in [1.82, 2.24) is 5.32 Å². The number of nitrogens with one attached hydrogen (secondary N) is 1. The highest BCUT2D eigenvalue weighted by Crippen LogP contribution is 2.23. The van der Waals surface area contributed by atoms with Gasteiger partial charge in [-0.2, -0.15) is 0 Å². The molecule has 0 aromatic heterocycles. The number of phenolic OH excluding ortho intramolecular Hbond substituents is 2. The van der Waals surface area contributed by atoms with Crippen LogP contribution in [0.5, 0.6) is 17.2 Å². The average molecular weight is 484 g/mol. The normalized spacial score (nSPS) is 9.63. The fourth-order valence-corrected chi connectivity index (χ4v) is 2.41. The molecule has 9 heteroatoms. The third-order valence-corrected chi connectivity index (χ3v) is 4.28. The number of ether oxygens (including phenoxy) is 2. The summed E-state index contributed by atoms with van der Waals surface area (Å²) in [6, 6.07) is 12.3. The number of phenols is 2. The van der Waals surface area contributed by atoms with Crippen molar-refractivity contribution in [3.63, 3.8) is 0 Å². The number of aromatic hydroxyl groups is 2. The number of para-hydroxylation sites is 1. The maximum Gasteiger partial charge on any atom is 0.412 e. The summed E-state index contributed by atoms with van der Waals surface area (Å²) in [4.78, 5) is 44.9. The summed E-state index contributed by atoms with van der Waals surface area (Å²) in [5.41, 5.74) is 0.464. The summed E-state index contributed by atoms with van der Waals surface area (Å²) in [6.45, 7) is 8.83. The molecule has 0 spiro atoms. The largest absolute Gasteiger partial charge is 0.508 e. The topological polar surface area (TPSA) is 139 Å². The molecule has 0 saturated heterocycles. The van der Waals surface area contributed by atoms with Crippen LogP contribution in [0.3, 0.4) is 0 Å². The molecule has 2 aromatic carbocycles. The summed E-state index contributed by atoms with van der Waals surface area (Å²) < 4.78 is 9.85. The molecule has 0 aliphatic rings. The van der Waals surface area contributed by atoms with Crippen LogP contribution in [0.2, 0.25) is 0 Å². The van der Waals surface area contributed by atoms with Crippen molar-refractivity contribution >= 4 is 23.6 Å². The molecule has 9 nitrogen and oxygen atoms in total. The van der Waals surface area contributed by atoms with Gasteiger partial charge in [0.05, 0.1) is 6.61 Å². The van der Waals surface area contributed by atoms with Gasteiger partial charge in [-0.05, 0) is 49.3 Å². The molecule has 2 aromatic rings. The van der Waals surface area contributed by atoms with Crippen LogP contribution in [0.15, 0.2) is 73.3 Å². The predicted octanol–water partition coefficient (Wildman–Crippen LogP) is 4.10. The molecule has 0 bridgehead atoms. The minimum Gasteiger partial charge on any atom is -0.508 e. The van der Waals surface area contributed by atoms with Crippen LogP contribution in [0.25, 0.3) is 0 Å². The Kier molecular flexibility index (Phi) is 12.6. The SMILES string of the molecule is C=C(C)C(=O)CCNC(=O)Oc1ccccc1.C=CC(=O)CCCOC(=O)c1ccc(O)cc1O. The van der Waals surface area contributed by atoms with E-state index in [0.29, 0.717) is 17.7 Å². The number of allylic oxidation sites excluding steroid dienone is 2. The lowest BCUT2D eigenvalue weighted by Crippen LogP contribution is -2.29. The van der Waals surface area contributed by atoms with Gasteiger partial charge in [-0.15, -0.1) is 0 Å². The van der Waals surface area contributed by atoms with E-state index >= 15 is 0 Å². The van der Waals surface area contributed by atoms with Crippen LogP contribution in [-0.4, -0.2) is 47.0 Å². The molecular weight excluding hydrogens is 454 g/mol. The summed E-state index contributed by atoms with van der Waals surface area (Å²) in [5, 5.41) is 21.0. The second kappa shape index (κ2) is 15.4. The van der Waals surface area contributed by atoms with E-state index in [0.717, 1.165) is 6.07 Å². The van der Waals surface area contributed by atoms with E-state index in [1.165, 1.54) is 18.2 Å². The first-order valence-corrected chi connectivity index (χ1v) is 10.7. The number of carbonyl (C=O) groups excluding carboxylic acids is 4. The van der Waals surface area contributed by atoms with Gasteiger partial charge < -0.3 is 25.0 Å². The van der Waals surface area contributed by atoms with E-state index in [4.69, 9.17) is 14.6 Å². The van der Waals surface area contributed by atoms with Crippen molar-refractivity contribution in [3.05, 3.63) is 78.9 Å². The van der Waals surface area contributed by atoms with Gasteiger partial charge in [0, 0.05) is 25.5 Å². The van der Waals surface area contributed by atoms with Gasteiger partial charge in [-0.3, -0.25) is 9.59 Å². The number of ketones is 2. The lowest BCUT2D eigenvalue weighted by molar-refractivity contribution is -0.115. The van der Waals surface area contributed by atoms with Crippen molar-refractivity contribution in [3.8, 4) is 17.2 Å². The van der Waals surface area contributed by atoms with E-state index in [1.807, 2.05) is 6.07 Å². The van der Waals surface area contributed by atoms with Gasteiger partial charge in [-0.1, -0.05) is 31.4 Å². The van der Waals surface area contributed by atoms with E-state index in [1.54, 1.807) is 31.2 Å². The molecule has 0 aliphatic carbocycles. The summed E-state index contributed by atoms with van der Waals surface area (Å²) in [7, 11) is 0. The van der Waals surface area contributed by atoms with E-state index < -0.39 is 12.1 Å². The van der Waals surface area contributed by atoms with Crippen LogP contribution in [0, 0.1) is 0 Å². The molecule has 35 heavy (non-hydrogen) atoms. The smallest absolute Gasteiger partial charge is 0.412 e. The van der Waals surface area contributed by atoms with Crippen molar-refractivity contribution < 1.29 is 38.9 Å². The zero-order chi connectivity index (χ0) is 26.2. The molecule has 2 rings (SSSR count). The Balaban J connectivity index is 0.000000351. The monoisotopic (exact) mass is 483 g/mol. The Morgan fingerprint density at radius 2 is 1.71 bits per heavy atom. The van der Waals surface area contributed by atoms with Crippen LogP contribution >= 0.6 is 0 Å². The predicted molar refractivity (Wildman–Crippen MR) is 129 cm³/mol. The quantitative estimate of drug-likeness (QED) is 0.247. The summed E-state index contributed by atoms with van der Waals surface area (Å²) >= 11 is 0. The molecule has 0 unspecified atom stereocenters. The Morgan fingerprint density at radius 1 is 1.03 bits per heavy atom. The molecule has 0 fully saturated rings. The first-order valence-electron chi connectivity index (χ1n) is 10.7. The molecule has 0 atom stereocenters. The maximum atomic E-state index is 11.5. The number of Topliss-reactive ketones (excluding diaryl/α,β-unsaturated/α-hetero) is 1. The number of amides is 1. The molecule has 1 amide bonds. The van der Waals surface area contributed by atoms with Gasteiger partial charge in [0.1, 0.15) is 22.8 Å². The van der Waals surface area contributed by atoms with E-state index in [2.05, 4.69) is 18.5 Å². The molecule has 186 valence electrons. The van der Waals surface area contributed by atoms with Gasteiger partial charge in [0.15, 0.2) is 11.6 Å². The summed E-state index contributed by atoms with van der Waals surface area (Å²) in [5.74, 6) is -0.888. The van der Waals surface area contributed by atoms with Crippen LogP contribution in [-0.2, 0) is 14.3 Å². The fraction of sp³-hybridized carbons (Fsp3) is 0.231. The van der Waals surface area contributed by atoms with Crippen LogP contribution in [0.4, 0.5) is 4.79 Å². The van der Waals surface area contributed by atoms with Crippen molar-refractivity contribution in [2.75, 3.05) is 13.2 Å². The highest BCUT2D eigenvalue weighted by atomic mass is 16.6. The van der Waals surface area contributed by atoms with E-state index in [9.17, 15) is 24.3 Å². The van der Waals surface area contributed by atoms with Crippen molar-refractivity contribution in [2.24, 2.45) is 0 Å². The molecule has 0 radical (unpaired) electrons. The van der Waals surface area contributed by atoms with Gasteiger partial charge >= 0.3 is 12.1 Å². The highest BCUT2D eigenvalue weighted by Gasteiger charge is 2.13. The van der Waals surface area contributed by atoms with Crippen LogP contribution in [0.1, 0.15) is 36.5 Å². The molecule has 0 saturated carbocycles. The standard InChI is InChI=1S/C13H15NO3.C13H14O5/c1-10(2)12(15)8-9-14-13(16)17-11-6-4-3-5-7-11;1-2-9(14)4-3-7-18-13(17)11-6-5-10(15)8-12(11)16/h3-7H,1,8-9H2,2H3,(H,14,16);2,5-6,8,15-16H,1,3-4,7H2. The summed E-state index contributed by atoms with van der Waals surface area (Å²) in [6.07, 6.45) is 1.55. The Labute approximate surface area is 203 Å². The minimum atomic E-state index is -0.696. The number of carbonyl (C=O) groups is 4. The van der Waals surface area contributed by atoms with Gasteiger partial charge in [-0.25, -0.2) is 9.59 Å². The number of hydrogen-bond acceptors (Lipinski definition) is 8. The fourth-order valence-electron chi connectivity index (χ4n) is 2.41. The van der Waals surface area contributed by atoms with Crippen molar-refractivity contribution in [1.29, 1.82) is 0 Å². The Bertz CT molecular complexity index is 1050. The minimum absolute atomic E-state index is 0.0251. The zero-order valence-electron chi connectivity index (χ0n) is 19.5. The average Bonchev–Trinajstić information content (AvgIpc) is 2.82. The van der Waals surface area contributed by atoms with Crippen LogP contribution < -0.4 is 10.1 Å². The maximum absolute atomic E-state index is 11.5. The van der Waals surface area contributed by atoms with E-state index in [-0.39, 0.29) is 54.6 Å². The first-order chi connectivity index (χ1) is 16.6. The highest BCUT2D eigenvalue weighted by molar-refractivity contribution is 5.94. The first kappa shape index (κ1) is 28.6. The third-order valence-electron chi connectivity index (χ3n) is 4.28. The van der Waals surface area contributed by atoms with Crippen molar-refractivity contribution in [2.45, 2.75) is 26.2 Å². The van der Waals surface area contributed by atoms with Gasteiger partial charge in [0.2, 0.25) is 0 Å². The third kappa shape index (κ3) is 11.9. The lowest BCUT2D eigenvalue weighted by atomic mass is 10.2. The number of esters is 1. The molecule has 0 aliphatic heterocycles. The number of rotatable bonds is 11. The molecule has 0 heterocycles. The zero-order valence-corrected chi connectivity index (χ0v) is 19.5. The van der Waals surface area contributed by atoms with Gasteiger partial charge in [0.25, 0.3) is 0 Å². The Morgan fingerprint density at radius 3 is 2.31 bits per heavy atom. The number of benzene rings is 2. The second-order valence-corrected chi connectivity index (χ2v) is 7.19. The molecular formula is C26H29NO8. The molecule has 3 N–H and O–H groups in total.